The van der Waals surface area contributed by atoms with Gasteiger partial charge in [-0.1, -0.05) is 12.2 Å². The number of carbonyl (C=O) groups is 2. The van der Waals surface area contributed by atoms with Gasteiger partial charge in [-0.3, -0.25) is 9.59 Å². The number of cyclic esters (lactones) is 2. The monoisotopic (exact) mass is 204 g/mol. The highest BCUT2D eigenvalue weighted by molar-refractivity contribution is 6.00. The molecule has 0 aromatic carbocycles. The molecule has 4 unspecified atom stereocenters. The molecular weight excluding hydrogens is 192 g/mol. The molecule has 5 aliphatic rings. The summed E-state index contributed by atoms with van der Waals surface area (Å²) in [5.41, 5.74) is -0.547. The topological polar surface area (TPSA) is 43.4 Å². The Morgan fingerprint density at radius 2 is 2.13 bits per heavy atom. The molecule has 78 valence electrons. The minimum absolute atomic E-state index is 0.191. The highest BCUT2D eigenvalue weighted by Crippen LogP contribution is 2.69. The molecule has 1 aliphatic heterocycles. The summed E-state index contributed by atoms with van der Waals surface area (Å²) in [6.45, 7) is 1.92. The zero-order chi connectivity index (χ0) is 10.4. The van der Waals surface area contributed by atoms with Gasteiger partial charge in [0.1, 0.15) is 0 Å². The van der Waals surface area contributed by atoms with Crippen LogP contribution in [-0.2, 0) is 14.3 Å². The number of rotatable bonds is 0. The van der Waals surface area contributed by atoms with E-state index in [9.17, 15) is 9.59 Å². The molecule has 3 heteroatoms. The average molecular weight is 204 g/mol. The molecule has 1 saturated heterocycles. The minimum Gasteiger partial charge on any atom is -0.392 e. The molecule has 5 rings (SSSR count). The Kier molecular flexibility index (Phi) is 1.10. The number of hydrogen-bond donors (Lipinski definition) is 0. The van der Waals surface area contributed by atoms with E-state index >= 15 is 0 Å². The number of carbonyl (C=O) groups excluding carboxylic acids is 2. The van der Waals surface area contributed by atoms with Gasteiger partial charge in [-0.05, 0) is 37.0 Å². The summed E-state index contributed by atoms with van der Waals surface area (Å²) in [6.07, 6.45) is 5.48. The predicted octanol–water partition coefficient (Wildman–Crippen LogP) is 1.14. The van der Waals surface area contributed by atoms with Gasteiger partial charge >= 0.3 is 11.9 Å². The molecule has 0 aromatic rings. The van der Waals surface area contributed by atoms with Crippen molar-refractivity contribution in [3.63, 3.8) is 0 Å². The lowest BCUT2D eigenvalue weighted by molar-refractivity contribution is -0.155. The third-order valence-corrected chi connectivity index (χ3v) is 5.00. The Bertz CT molecular complexity index is 425. The van der Waals surface area contributed by atoms with Gasteiger partial charge in [0.05, 0.1) is 11.3 Å². The Morgan fingerprint density at radius 3 is 2.93 bits per heavy atom. The summed E-state index contributed by atoms with van der Waals surface area (Å²) >= 11 is 0. The van der Waals surface area contributed by atoms with Crippen LogP contribution in [-0.4, -0.2) is 11.9 Å². The summed E-state index contributed by atoms with van der Waals surface area (Å²) in [5, 5.41) is 0. The van der Waals surface area contributed by atoms with Crippen molar-refractivity contribution in [2.45, 2.75) is 13.3 Å². The highest BCUT2D eigenvalue weighted by Gasteiger charge is 2.72. The van der Waals surface area contributed by atoms with Crippen molar-refractivity contribution >= 4 is 11.9 Å². The molecule has 0 amide bonds. The Morgan fingerprint density at radius 1 is 1.33 bits per heavy atom. The minimum atomic E-state index is -0.547. The number of esters is 2. The van der Waals surface area contributed by atoms with Gasteiger partial charge in [-0.2, -0.15) is 0 Å². The summed E-state index contributed by atoms with van der Waals surface area (Å²) in [6, 6.07) is 0. The van der Waals surface area contributed by atoms with Gasteiger partial charge in [0.25, 0.3) is 0 Å². The van der Waals surface area contributed by atoms with Crippen molar-refractivity contribution in [1.29, 1.82) is 0 Å². The van der Waals surface area contributed by atoms with Gasteiger partial charge in [0.15, 0.2) is 0 Å². The normalized spacial score (nSPS) is 58.9. The lowest BCUT2D eigenvalue weighted by atomic mass is 9.55. The second kappa shape index (κ2) is 2.04. The van der Waals surface area contributed by atoms with Crippen LogP contribution in [0.15, 0.2) is 12.2 Å². The van der Waals surface area contributed by atoms with E-state index in [0.717, 1.165) is 0 Å². The molecule has 0 aromatic heterocycles. The Balaban J connectivity index is 1.94. The average Bonchev–Trinajstić information content (AvgIpc) is 2.93. The summed E-state index contributed by atoms with van der Waals surface area (Å²) in [5.74, 6) is 1.04. The second-order valence-electron chi connectivity index (χ2n) is 5.52. The summed E-state index contributed by atoms with van der Waals surface area (Å²) < 4.78 is 4.84. The van der Waals surface area contributed by atoms with Crippen LogP contribution in [0.5, 0.6) is 0 Å². The zero-order valence-electron chi connectivity index (χ0n) is 8.47. The third kappa shape index (κ3) is 0.665. The van der Waals surface area contributed by atoms with Gasteiger partial charge in [-0.15, -0.1) is 0 Å². The van der Waals surface area contributed by atoms with Crippen LogP contribution < -0.4 is 0 Å². The first kappa shape index (κ1) is 8.08. The summed E-state index contributed by atoms with van der Waals surface area (Å²) in [7, 11) is 0. The second-order valence-corrected chi connectivity index (χ2v) is 5.52. The molecule has 6 atom stereocenters. The Hall–Kier alpha value is -1.12. The van der Waals surface area contributed by atoms with Crippen LogP contribution in [0.25, 0.3) is 0 Å². The molecule has 0 radical (unpaired) electrons. The highest BCUT2D eigenvalue weighted by atomic mass is 16.6. The fourth-order valence-electron chi connectivity index (χ4n) is 4.16. The van der Waals surface area contributed by atoms with E-state index in [1.165, 1.54) is 6.42 Å². The van der Waals surface area contributed by atoms with E-state index in [1.54, 1.807) is 0 Å². The van der Waals surface area contributed by atoms with Crippen LogP contribution in [0.3, 0.4) is 0 Å². The first-order chi connectivity index (χ1) is 7.14. The lowest BCUT2D eigenvalue weighted by Crippen LogP contribution is -2.48. The quantitative estimate of drug-likeness (QED) is 0.337. The predicted molar refractivity (Wildman–Crippen MR) is 50.4 cm³/mol. The number of ether oxygens (including phenoxy) is 1. The molecular formula is C12H12O3. The van der Waals surface area contributed by atoms with Crippen molar-refractivity contribution in [3.05, 3.63) is 12.2 Å². The number of hydrogen-bond acceptors (Lipinski definition) is 3. The van der Waals surface area contributed by atoms with E-state index in [2.05, 4.69) is 12.2 Å². The van der Waals surface area contributed by atoms with Crippen molar-refractivity contribution in [1.82, 2.24) is 0 Å². The van der Waals surface area contributed by atoms with Crippen molar-refractivity contribution in [3.8, 4) is 0 Å². The molecule has 2 bridgehead atoms. The van der Waals surface area contributed by atoms with Crippen LogP contribution in [0.2, 0.25) is 0 Å². The van der Waals surface area contributed by atoms with E-state index in [0.29, 0.717) is 11.8 Å². The molecule has 4 aliphatic carbocycles. The third-order valence-electron chi connectivity index (χ3n) is 5.00. The molecule has 0 N–H and O–H groups in total. The molecule has 0 spiro atoms. The summed E-state index contributed by atoms with van der Waals surface area (Å²) in [4.78, 5) is 23.5. The fraction of sp³-hybridized carbons (Fsp3) is 0.667. The van der Waals surface area contributed by atoms with E-state index < -0.39 is 5.41 Å². The van der Waals surface area contributed by atoms with Gasteiger partial charge < -0.3 is 4.74 Å². The van der Waals surface area contributed by atoms with Gasteiger partial charge in [0, 0.05) is 0 Å². The van der Waals surface area contributed by atoms with E-state index in [4.69, 9.17) is 4.74 Å². The lowest BCUT2D eigenvalue weighted by Gasteiger charge is -2.44. The first-order valence-electron chi connectivity index (χ1n) is 5.58. The van der Waals surface area contributed by atoms with Gasteiger partial charge in [-0.25, -0.2) is 0 Å². The molecule has 15 heavy (non-hydrogen) atoms. The SMILES string of the molecule is C[C@@]12C(=O)OC(=O)[C@@H]1C1C=CC2C2CC21. The zero-order valence-corrected chi connectivity index (χ0v) is 8.47. The van der Waals surface area contributed by atoms with Crippen LogP contribution >= 0.6 is 0 Å². The van der Waals surface area contributed by atoms with E-state index in [-0.39, 0.29) is 29.7 Å². The Labute approximate surface area is 87.5 Å². The molecule has 3 fully saturated rings. The van der Waals surface area contributed by atoms with Crippen molar-refractivity contribution in [2.24, 2.45) is 35.0 Å². The van der Waals surface area contributed by atoms with Crippen molar-refractivity contribution in [2.75, 3.05) is 0 Å². The maximum atomic E-state index is 11.8. The molecule has 3 nitrogen and oxygen atoms in total. The van der Waals surface area contributed by atoms with Gasteiger partial charge in [0.2, 0.25) is 0 Å². The van der Waals surface area contributed by atoms with Crippen LogP contribution in [0.4, 0.5) is 0 Å². The van der Waals surface area contributed by atoms with Crippen LogP contribution in [0, 0.1) is 35.0 Å². The number of allylic oxidation sites excluding steroid dienone is 2. The standard InChI is InChI=1S/C12H12O3/c1-12-8-3-2-5(6-4-7(6)8)9(12)10(13)15-11(12)14/h2-3,5-9H,4H2,1H3/t5?,6?,7?,8?,9-,12-/m0/s1. The van der Waals surface area contributed by atoms with E-state index in [1.807, 2.05) is 6.92 Å². The van der Waals surface area contributed by atoms with Crippen LogP contribution in [0.1, 0.15) is 13.3 Å². The molecule has 1 heterocycles. The maximum Gasteiger partial charge on any atom is 0.320 e. The largest absolute Gasteiger partial charge is 0.392 e. The van der Waals surface area contributed by atoms with Crippen molar-refractivity contribution < 1.29 is 14.3 Å². The fourth-order valence-corrected chi connectivity index (χ4v) is 4.16. The first-order valence-corrected chi connectivity index (χ1v) is 5.58. The molecule has 2 saturated carbocycles. The smallest absolute Gasteiger partial charge is 0.320 e. The maximum absolute atomic E-state index is 11.8.